The van der Waals surface area contributed by atoms with E-state index in [0.29, 0.717) is 26.4 Å². The van der Waals surface area contributed by atoms with Crippen LogP contribution in [0.15, 0.2) is 30.3 Å². The van der Waals surface area contributed by atoms with Crippen LogP contribution >= 0.6 is 0 Å². The third-order valence-corrected chi connectivity index (χ3v) is 3.69. The van der Waals surface area contributed by atoms with Gasteiger partial charge in [0.25, 0.3) is 0 Å². The predicted molar refractivity (Wildman–Crippen MR) is 71.3 cm³/mol. The van der Waals surface area contributed by atoms with Crippen LogP contribution in [-0.4, -0.2) is 55.9 Å². The Bertz CT molecular complexity index is 410. The van der Waals surface area contributed by atoms with Gasteiger partial charge in [-0.05, 0) is 5.56 Å². The van der Waals surface area contributed by atoms with Crippen LogP contribution in [0.5, 0.6) is 0 Å². The summed E-state index contributed by atoms with van der Waals surface area (Å²) in [5.74, 6) is 0. The number of aliphatic hydroxyl groups excluding tert-OH is 1. The second-order valence-corrected chi connectivity index (χ2v) is 5.06. The van der Waals surface area contributed by atoms with Crippen LogP contribution in [0.3, 0.4) is 0 Å². The van der Waals surface area contributed by atoms with E-state index in [1.807, 2.05) is 30.3 Å². The summed E-state index contributed by atoms with van der Waals surface area (Å²) in [6.07, 6.45) is -0.301. The van der Waals surface area contributed by atoms with Gasteiger partial charge in [-0.1, -0.05) is 30.3 Å². The Morgan fingerprint density at radius 3 is 2.30 bits per heavy atom. The van der Waals surface area contributed by atoms with Crippen molar-refractivity contribution < 1.29 is 24.1 Å². The maximum absolute atomic E-state index is 8.80. The maximum atomic E-state index is 8.80. The highest BCUT2D eigenvalue weighted by molar-refractivity contribution is 5.13. The monoisotopic (exact) mass is 280 g/mol. The highest BCUT2D eigenvalue weighted by atomic mass is 16.6. The van der Waals surface area contributed by atoms with Crippen molar-refractivity contribution in [2.45, 2.75) is 31.0 Å². The highest BCUT2D eigenvalue weighted by Crippen LogP contribution is 2.30. The number of hydrogen-bond donors (Lipinski definition) is 1. The molecule has 20 heavy (non-hydrogen) atoms. The summed E-state index contributed by atoms with van der Waals surface area (Å²) in [5, 5.41) is 8.80. The first-order chi connectivity index (χ1) is 9.88. The molecule has 2 fully saturated rings. The molecule has 2 heterocycles. The molecule has 0 unspecified atom stereocenters. The number of fused-ring (bicyclic) bond motifs is 1. The molecule has 0 radical (unpaired) electrons. The van der Waals surface area contributed by atoms with E-state index in [-0.39, 0.29) is 31.0 Å². The van der Waals surface area contributed by atoms with Gasteiger partial charge in [0.05, 0.1) is 33.0 Å². The molecule has 3 rings (SSSR count). The average molecular weight is 280 g/mol. The molecule has 0 saturated carbocycles. The third kappa shape index (κ3) is 3.02. The first kappa shape index (κ1) is 14.0. The van der Waals surface area contributed by atoms with E-state index in [9.17, 15) is 0 Å². The molecule has 5 nitrogen and oxygen atoms in total. The summed E-state index contributed by atoms with van der Waals surface area (Å²) in [6.45, 7) is 1.92. The van der Waals surface area contributed by atoms with Gasteiger partial charge in [0.15, 0.2) is 0 Å². The lowest BCUT2D eigenvalue weighted by atomic mass is 10.1. The lowest BCUT2D eigenvalue weighted by molar-refractivity contribution is -0.0585. The number of benzene rings is 1. The zero-order valence-corrected chi connectivity index (χ0v) is 11.3. The van der Waals surface area contributed by atoms with Gasteiger partial charge in [-0.2, -0.15) is 0 Å². The molecule has 1 aromatic rings. The Morgan fingerprint density at radius 2 is 1.65 bits per heavy atom. The molecule has 0 spiro atoms. The summed E-state index contributed by atoms with van der Waals surface area (Å²) >= 11 is 0. The molecule has 0 bridgehead atoms. The summed E-state index contributed by atoms with van der Waals surface area (Å²) in [5.41, 5.74) is 1.14. The quantitative estimate of drug-likeness (QED) is 0.833. The molecule has 1 aromatic carbocycles. The van der Waals surface area contributed by atoms with Crippen molar-refractivity contribution >= 4 is 0 Å². The normalized spacial score (nSPS) is 32.5. The van der Waals surface area contributed by atoms with Crippen molar-refractivity contribution in [3.63, 3.8) is 0 Å². The first-order valence-corrected chi connectivity index (χ1v) is 6.99. The standard InChI is InChI=1S/C15H20O5/c16-6-7-17-12-9-19-15-13(10-20-14(12)15)18-8-11-4-2-1-3-5-11/h1-5,12-16H,6-10H2/t12-,13+,14-,15-/m1/s1. The summed E-state index contributed by atoms with van der Waals surface area (Å²) in [4.78, 5) is 0. The van der Waals surface area contributed by atoms with Gasteiger partial charge in [-0.25, -0.2) is 0 Å². The largest absolute Gasteiger partial charge is 0.394 e. The molecule has 1 N–H and O–H groups in total. The average Bonchev–Trinajstić information content (AvgIpc) is 3.06. The molecule has 2 aliphatic rings. The zero-order valence-electron chi connectivity index (χ0n) is 11.3. The van der Waals surface area contributed by atoms with E-state index >= 15 is 0 Å². The van der Waals surface area contributed by atoms with Crippen molar-refractivity contribution in [3.05, 3.63) is 35.9 Å². The van der Waals surface area contributed by atoms with E-state index in [1.165, 1.54) is 0 Å². The number of ether oxygens (including phenoxy) is 4. The minimum atomic E-state index is -0.0996. The van der Waals surface area contributed by atoms with Crippen molar-refractivity contribution in [3.8, 4) is 0 Å². The molecular weight excluding hydrogens is 260 g/mol. The van der Waals surface area contributed by atoms with Crippen molar-refractivity contribution in [1.29, 1.82) is 0 Å². The minimum absolute atomic E-state index is 0.0157. The lowest BCUT2D eigenvalue weighted by Gasteiger charge is -2.17. The van der Waals surface area contributed by atoms with E-state index in [2.05, 4.69) is 0 Å². The van der Waals surface area contributed by atoms with Crippen LogP contribution in [0.25, 0.3) is 0 Å². The second-order valence-electron chi connectivity index (χ2n) is 5.06. The van der Waals surface area contributed by atoms with E-state index < -0.39 is 0 Å². The zero-order chi connectivity index (χ0) is 13.8. The van der Waals surface area contributed by atoms with Gasteiger partial charge in [0.2, 0.25) is 0 Å². The Balaban J connectivity index is 1.51. The topological polar surface area (TPSA) is 57.2 Å². The van der Waals surface area contributed by atoms with Crippen LogP contribution < -0.4 is 0 Å². The van der Waals surface area contributed by atoms with E-state index in [1.54, 1.807) is 0 Å². The van der Waals surface area contributed by atoms with Crippen LogP contribution in [0.4, 0.5) is 0 Å². The molecule has 0 amide bonds. The van der Waals surface area contributed by atoms with Crippen LogP contribution in [0, 0.1) is 0 Å². The fraction of sp³-hybridized carbons (Fsp3) is 0.600. The Hall–Kier alpha value is -0.980. The highest BCUT2D eigenvalue weighted by Gasteiger charge is 2.48. The maximum Gasteiger partial charge on any atom is 0.115 e. The minimum Gasteiger partial charge on any atom is -0.394 e. The van der Waals surface area contributed by atoms with Crippen molar-refractivity contribution in [1.82, 2.24) is 0 Å². The van der Waals surface area contributed by atoms with Gasteiger partial charge < -0.3 is 24.1 Å². The predicted octanol–water partition coefficient (Wildman–Crippen LogP) is 0.747. The van der Waals surface area contributed by atoms with Gasteiger partial charge >= 0.3 is 0 Å². The molecule has 4 atom stereocenters. The third-order valence-electron chi connectivity index (χ3n) is 3.69. The Kier molecular flexibility index (Phi) is 4.65. The van der Waals surface area contributed by atoms with Crippen LogP contribution in [0.2, 0.25) is 0 Å². The fourth-order valence-corrected chi connectivity index (χ4v) is 2.70. The molecule has 0 aromatic heterocycles. The summed E-state index contributed by atoms with van der Waals surface area (Å²) in [7, 11) is 0. The van der Waals surface area contributed by atoms with Crippen molar-refractivity contribution in [2.24, 2.45) is 0 Å². The van der Waals surface area contributed by atoms with Crippen molar-refractivity contribution in [2.75, 3.05) is 26.4 Å². The van der Waals surface area contributed by atoms with Gasteiger partial charge in [0, 0.05) is 0 Å². The van der Waals surface area contributed by atoms with Gasteiger partial charge in [-0.15, -0.1) is 0 Å². The number of aliphatic hydroxyl groups is 1. The molecule has 2 saturated heterocycles. The fourth-order valence-electron chi connectivity index (χ4n) is 2.70. The molecule has 2 aliphatic heterocycles. The second kappa shape index (κ2) is 6.65. The Morgan fingerprint density at radius 1 is 1.00 bits per heavy atom. The summed E-state index contributed by atoms with van der Waals surface area (Å²) in [6, 6.07) is 10.1. The summed E-state index contributed by atoms with van der Waals surface area (Å²) < 4.78 is 22.9. The number of rotatable bonds is 6. The number of hydrogen-bond acceptors (Lipinski definition) is 5. The van der Waals surface area contributed by atoms with Crippen LogP contribution in [-0.2, 0) is 25.6 Å². The smallest absolute Gasteiger partial charge is 0.115 e. The molecule has 110 valence electrons. The van der Waals surface area contributed by atoms with Gasteiger partial charge in [0.1, 0.15) is 24.4 Å². The Labute approximate surface area is 118 Å². The molecule has 5 heteroatoms. The molecule has 0 aliphatic carbocycles. The van der Waals surface area contributed by atoms with E-state index in [4.69, 9.17) is 24.1 Å². The first-order valence-electron chi connectivity index (χ1n) is 6.99. The van der Waals surface area contributed by atoms with Gasteiger partial charge in [-0.3, -0.25) is 0 Å². The lowest BCUT2D eigenvalue weighted by Crippen LogP contribution is -2.34. The van der Waals surface area contributed by atoms with Crippen LogP contribution in [0.1, 0.15) is 5.56 Å². The SMILES string of the molecule is OCCO[C@@H]1CO[C@H]2[C@@H]1OC[C@@H]2OCc1ccccc1. The van der Waals surface area contributed by atoms with E-state index in [0.717, 1.165) is 5.56 Å². The molecular formula is C15H20O5.